The Kier molecular flexibility index (Phi) is 4.20. The topological polar surface area (TPSA) is 29.3 Å². The van der Waals surface area contributed by atoms with Crippen molar-refractivity contribution >= 4 is 11.8 Å². The molecule has 0 spiro atoms. The predicted octanol–water partition coefficient (Wildman–Crippen LogP) is 2.33. The fourth-order valence-electron chi connectivity index (χ4n) is 3.35. The third kappa shape index (κ3) is 2.27. The quantitative estimate of drug-likeness (QED) is 0.806. The molecule has 2 saturated heterocycles. The van der Waals surface area contributed by atoms with Gasteiger partial charge in [-0.3, -0.25) is 4.90 Å². The van der Waals surface area contributed by atoms with E-state index in [1.165, 1.54) is 43.7 Å². The summed E-state index contributed by atoms with van der Waals surface area (Å²) in [4.78, 5) is 2.74. The van der Waals surface area contributed by atoms with Crippen molar-refractivity contribution in [1.29, 1.82) is 0 Å². The van der Waals surface area contributed by atoms with Crippen molar-refractivity contribution in [3.63, 3.8) is 0 Å². The van der Waals surface area contributed by atoms with E-state index in [0.29, 0.717) is 5.54 Å². The molecule has 2 aliphatic rings. The second kappa shape index (κ2) is 5.28. The van der Waals surface area contributed by atoms with Gasteiger partial charge in [0.25, 0.3) is 0 Å². The number of nitrogens with two attached hydrogens (primary N) is 1. The summed E-state index contributed by atoms with van der Waals surface area (Å²) in [6.07, 6.45) is 5.41. The first-order valence-corrected chi connectivity index (χ1v) is 7.90. The van der Waals surface area contributed by atoms with Gasteiger partial charge in [-0.2, -0.15) is 11.8 Å². The fourth-order valence-corrected chi connectivity index (χ4v) is 4.65. The van der Waals surface area contributed by atoms with Crippen molar-refractivity contribution in [3.05, 3.63) is 0 Å². The van der Waals surface area contributed by atoms with Gasteiger partial charge in [0.1, 0.15) is 0 Å². The van der Waals surface area contributed by atoms with Crippen LogP contribution in [0.4, 0.5) is 0 Å². The van der Waals surface area contributed by atoms with Gasteiger partial charge in [-0.1, -0.05) is 6.92 Å². The number of likely N-dealkylation sites (tertiary alicyclic amines) is 1. The van der Waals surface area contributed by atoms with E-state index in [0.717, 1.165) is 18.5 Å². The number of hydrogen-bond acceptors (Lipinski definition) is 3. The highest BCUT2D eigenvalue weighted by atomic mass is 32.2. The van der Waals surface area contributed by atoms with E-state index in [1.807, 2.05) is 0 Å². The first-order chi connectivity index (χ1) is 7.69. The second-order valence-electron chi connectivity index (χ2n) is 5.64. The molecular weight excluding hydrogens is 216 g/mol. The van der Waals surface area contributed by atoms with E-state index in [1.54, 1.807) is 0 Å². The van der Waals surface area contributed by atoms with Crippen molar-refractivity contribution in [2.45, 2.75) is 51.1 Å². The largest absolute Gasteiger partial charge is 0.329 e. The SMILES string of the molecule is CC1CCCN(C2(CN)CCCSC2)C1C. The summed E-state index contributed by atoms with van der Waals surface area (Å²) in [5.74, 6) is 3.42. The minimum Gasteiger partial charge on any atom is -0.329 e. The molecule has 2 N–H and O–H groups in total. The minimum atomic E-state index is 0.316. The molecule has 2 fully saturated rings. The lowest BCUT2D eigenvalue weighted by molar-refractivity contribution is 0.0108. The van der Waals surface area contributed by atoms with E-state index in [-0.39, 0.29) is 0 Å². The van der Waals surface area contributed by atoms with Gasteiger partial charge in [0.2, 0.25) is 0 Å². The highest BCUT2D eigenvalue weighted by molar-refractivity contribution is 7.99. The Morgan fingerprint density at radius 3 is 2.81 bits per heavy atom. The third-order valence-corrected chi connectivity index (χ3v) is 5.98. The molecule has 3 heteroatoms. The molecular formula is C13H26N2S. The van der Waals surface area contributed by atoms with Gasteiger partial charge >= 0.3 is 0 Å². The van der Waals surface area contributed by atoms with E-state index >= 15 is 0 Å². The van der Waals surface area contributed by atoms with Gasteiger partial charge in [-0.15, -0.1) is 0 Å². The fraction of sp³-hybridized carbons (Fsp3) is 1.00. The summed E-state index contributed by atoms with van der Waals surface area (Å²) >= 11 is 2.10. The van der Waals surface area contributed by atoms with E-state index in [9.17, 15) is 0 Å². The molecule has 0 aromatic carbocycles. The van der Waals surface area contributed by atoms with Crippen molar-refractivity contribution in [2.75, 3.05) is 24.6 Å². The van der Waals surface area contributed by atoms with Crippen molar-refractivity contribution in [2.24, 2.45) is 11.7 Å². The Labute approximate surface area is 104 Å². The second-order valence-corrected chi connectivity index (χ2v) is 6.74. The maximum Gasteiger partial charge on any atom is 0.0425 e. The van der Waals surface area contributed by atoms with E-state index < -0.39 is 0 Å². The van der Waals surface area contributed by atoms with Gasteiger partial charge in [-0.25, -0.2) is 0 Å². The van der Waals surface area contributed by atoms with Gasteiger partial charge in [0, 0.05) is 23.9 Å². The summed E-state index contributed by atoms with van der Waals surface area (Å²) in [7, 11) is 0. The number of hydrogen-bond donors (Lipinski definition) is 1. The third-order valence-electron chi connectivity index (χ3n) is 4.66. The standard InChI is InChI=1S/C13H26N2S/c1-11-5-3-7-15(12(11)2)13(9-14)6-4-8-16-10-13/h11-12H,3-10,14H2,1-2H3. The van der Waals surface area contributed by atoms with Crippen LogP contribution in [0.1, 0.15) is 39.5 Å². The molecule has 2 rings (SSSR count). The molecule has 0 aliphatic carbocycles. The monoisotopic (exact) mass is 242 g/mol. The highest BCUT2D eigenvalue weighted by Gasteiger charge is 2.41. The van der Waals surface area contributed by atoms with Crippen LogP contribution in [0.2, 0.25) is 0 Å². The Hall–Kier alpha value is 0.270. The summed E-state index contributed by atoms with van der Waals surface area (Å²) in [6.45, 7) is 6.91. The maximum absolute atomic E-state index is 6.12. The number of nitrogens with zero attached hydrogens (tertiary/aromatic N) is 1. The number of rotatable bonds is 2. The van der Waals surface area contributed by atoms with Crippen molar-refractivity contribution in [1.82, 2.24) is 4.90 Å². The molecule has 2 aliphatic heterocycles. The molecule has 3 atom stereocenters. The van der Waals surface area contributed by atoms with Crippen LogP contribution in [0.25, 0.3) is 0 Å². The Morgan fingerprint density at radius 1 is 1.38 bits per heavy atom. The van der Waals surface area contributed by atoms with Crippen LogP contribution in [0.3, 0.4) is 0 Å². The maximum atomic E-state index is 6.12. The number of piperidine rings is 1. The Bertz CT molecular complexity index is 226. The van der Waals surface area contributed by atoms with Crippen LogP contribution < -0.4 is 5.73 Å². The highest BCUT2D eigenvalue weighted by Crippen LogP contribution is 2.37. The lowest BCUT2D eigenvalue weighted by Gasteiger charge is -2.52. The van der Waals surface area contributed by atoms with Crippen LogP contribution in [0.15, 0.2) is 0 Å². The smallest absolute Gasteiger partial charge is 0.0425 e. The number of thioether (sulfide) groups is 1. The average Bonchev–Trinajstić information content (AvgIpc) is 2.33. The minimum absolute atomic E-state index is 0.316. The zero-order valence-corrected chi connectivity index (χ0v) is 11.6. The molecule has 0 radical (unpaired) electrons. The van der Waals surface area contributed by atoms with Crippen molar-refractivity contribution < 1.29 is 0 Å². The summed E-state index contributed by atoms with van der Waals surface area (Å²) < 4.78 is 0. The summed E-state index contributed by atoms with van der Waals surface area (Å²) in [5.41, 5.74) is 6.44. The molecule has 94 valence electrons. The van der Waals surface area contributed by atoms with Crippen LogP contribution in [0, 0.1) is 5.92 Å². The molecule has 3 unspecified atom stereocenters. The molecule has 2 nitrogen and oxygen atoms in total. The van der Waals surface area contributed by atoms with Crippen LogP contribution >= 0.6 is 11.8 Å². The predicted molar refractivity (Wildman–Crippen MR) is 72.9 cm³/mol. The lowest BCUT2D eigenvalue weighted by Crippen LogP contribution is -2.62. The summed E-state index contributed by atoms with van der Waals surface area (Å²) in [6, 6.07) is 0.719. The lowest BCUT2D eigenvalue weighted by atomic mass is 9.84. The van der Waals surface area contributed by atoms with Crippen LogP contribution in [0.5, 0.6) is 0 Å². The molecule has 0 bridgehead atoms. The Balaban J connectivity index is 2.12. The Morgan fingerprint density at radius 2 is 2.19 bits per heavy atom. The van der Waals surface area contributed by atoms with Crippen LogP contribution in [-0.2, 0) is 0 Å². The van der Waals surface area contributed by atoms with E-state index in [2.05, 4.69) is 30.5 Å². The molecule has 0 amide bonds. The van der Waals surface area contributed by atoms with Gasteiger partial charge < -0.3 is 5.73 Å². The molecule has 16 heavy (non-hydrogen) atoms. The van der Waals surface area contributed by atoms with Gasteiger partial charge in [0.05, 0.1) is 0 Å². The molecule has 2 heterocycles. The van der Waals surface area contributed by atoms with Crippen molar-refractivity contribution in [3.8, 4) is 0 Å². The molecule has 0 aromatic rings. The van der Waals surface area contributed by atoms with Crippen LogP contribution in [-0.4, -0.2) is 41.1 Å². The van der Waals surface area contributed by atoms with Gasteiger partial charge in [-0.05, 0) is 50.8 Å². The average molecular weight is 242 g/mol. The van der Waals surface area contributed by atoms with E-state index in [4.69, 9.17) is 5.73 Å². The summed E-state index contributed by atoms with van der Waals surface area (Å²) in [5, 5.41) is 0. The first kappa shape index (κ1) is 12.7. The first-order valence-electron chi connectivity index (χ1n) is 6.74. The molecule has 0 saturated carbocycles. The normalized spacial score (nSPS) is 42.2. The molecule has 0 aromatic heterocycles. The zero-order valence-electron chi connectivity index (χ0n) is 10.7. The van der Waals surface area contributed by atoms with Gasteiger partial charge in [0.15, 0.2) is 0 Å². The zero-order chi connectivity index (χ0) is 11.6.